The average Bonchev–Trinajstić information content (AvgIpc) is 2.59. The van der Waals surface area contributed by atoms with E-state index in [1.165, 1.54) is 5.56 Å². The lowest BCUT2D eigenvalue weighted by Crippen LogP contribution is -2.28. The minimum Gasteiger partial charge on any atom is -0.370 e. The van der Waals surface area contributed by atoms with Crippen molar-refractivity contribution in [1.82, 2.24) is 5.32 Å². The summed E-state index contributed by atoms with van der Waals surface area (Å²) in [7, 11) is 0. The van der Waals surface area contributed by atoms with Gasteiger partial charge in [0.05, 0.1) is 17.1 Å². The molecule has 0 spiro atoms. The number of amides is 1. The first kappa shape index (κ1) is 21.2. The van der Waals surface area contributed by atoms with Gasteiger partial charge in [0.25, 0.3) is 5.91 Å². The fraction of sp³-hybridized carbons (Fsp3) is 0.222. The Labute approximate surface area is 170 Å². The summed E-state index contributed by atoms with van der Waals surface area (Å²) >= 11 is 5.98. The predicted octanol–water partition coefficient (Wildman–Crippen LogP) is 3.68. The van der Waals surface area contributed by atoms with Crippen molar-refractivity contribution in [3.63, 3.8) is 0 Å². The second kappa shape index (κ2) is 10.9. The summed E-state index contributed by atoms with van der Waals surface area (Å²) in [6.07, 6.45) is 0.995. The van der Waals surface area contributed by atoms with E-state index in [1.807, 2.05) is 24.3 Å². The second-order valence-corrected chi connectivity index (χ2v) is 5.59. The van der Waals surface area contributed by atoms with Crippen LogP contribution in [0, 0.1) is 0 Å². The summed E-state index contributed by atoms with van der Waals surface area (Å²) < 4.78 is 0. The van der Waals surface area contributed by atoms with Gasteiger partial charge in [-0.05, 0) is 36.2 Å². The van der Waals surface area contributed by atoms with E-state index in [1.54, 1.807) is 24.3 Å². The molecule has 7 heteroatoms. The van der Waals surface area contributed by atoms with Crippen molar-refractivity contribution in [3.05, 3.63) is 64.7 Å². The highest BCUT2D eigenvalue weighted by Gasteiger charge is 2.08. The molecule has 1 amide bonds. The number of aryl methyl sites for hydroxylation is 1. The first-order chi connectivity index (χ1) is 11.6. The maximum absolute atomic E-state index is 12.0. The van der Waals surface area contributed by atoms with E-state index < -0.39 is 0 Å². The average molecular weight is 473 g/mol. The summed E-state index contributed by atoms with van der Waals surface area (Å²) in [5.74, 6) is 0.0868. The van der Waals surface area contributed by atoms with Crippen LogP contribution in [0.4, 0.5) is 5.69 Å². The molecule has 0 fully saturated rings. The predicted molar refractivity (Wildman–Crippen MR) is 115 cm³/mol. The number of carbonyl (C=O) groups is 1. The van der Waals surface area contributed by atoms with Crippen LogP contribution >= 0.6 is 35.6 Å². The number of hydrogen-bond donors (Lipinski definition) is 3. The molecule has 25 heavy (non-hydrogen) atoms. The van der Waals surface area contributed by atoms with Crippen LogP contribution in [-0.2, 0) is 6.42 Å². The number of carbonyl (C=O) groups excluding carboxylic acids is 1. The molecule has 0 aromatic heterocycles. The lowest BCUT2D eigenvalue weighted by Gasteiger charge is -2.07. The molecule has 0 saturated heterocycles. The number of aliphatic imine (C=N–C) groups is 1. The summed E-state index contributed by atoms with van der Waals surface area (Å²) in [4.78, 5) is 16.2. The molecule has 0 radical (unpaired) electrons. The van der Waals surface area contributed by atoms with Crippen molar-refractivity contribution >= 4 is 53.1 Å². The van der Waals surface area contributed by atoms with E-state index in [9.17, 15) is 4.79 Å². The smallest absolute Gasteiger partial charge is 0.252 e. The Bertz CT molecular complexity index is 719. The maximum Gasteiger partial charge on any atom is 0.252 e. The molecule has 2 aromatic rings. The van der Waals surface area contributed by atoms with Crippen LogP contribution in [0.3, 0.4) is 0 Å². The van der Waals surface area contributed by atoms with Gasteiger partial charge in [0.2, 0.25) is 0 Å². The number of anilines is 1. The zero-order chi connectivity index (χ0) is 17.4. The minimum absolute atomic E-state index is 0. The highest BCUT2D eigenvalue weighted by atomic mass is 127. The van der Waals surface area contributed by atoms with E-state index >= 15 is 0 Å². The molecule has 134 valence electrons. The van der Waals surface area contributed by atoms with E-state index in [4.69, 9.17) is 17.3 Å². The molecule has 2 aromatic carbocycles. The number of benzene rings is 2. The minimum atomic E-state index is -0.225. The number of nitrogens with two attached hydrogens (primary N) is 1. The lowest BCUT2D eigenvalue weighted by atomic mass is 10.1. The van der Waals surface area contributed by atoms with E-state index in [2.05, 4.69) is 22.5 Å². The number of halogens is 2. The van der Waals surface area contributed by atoms with Gasteiger partial charge in [-0.1, -0.05) is 42.8 Å². The zero-order valence-corrected chi connectivity index (χ0v) is 17.0. The zero-order valence-electron chi connectivity index (χ0n) is 14.0. The summed E-state index contributed by atoms with van der Waals surface area (Å²) in [6.45, 7) is 2.86. The van der Waals surface area contributed by atoms with Crippen LogP contribution in [0.2, 0.25) is 5.02 Å². The van der Waals surface area contributed by atoms with Crippen LogP contribution in [0.5, 0.6) is 0 Å². The molecule has 4 N–H and O–H groups in total. The summed E-state index contributed by atoms with van der Waals surface area (Å²) in [5.41, 5.74) is 8.43. The first-order valence-corrected chi connectivity index (χ1v) is 8.16. The van der Waals surface area contributed by atoms with Crippen LogP contribution in [0.1, 0.15) is 22.8 Å². The van der Waals surface area contributed by atoms with Crippen molar-refractivity contribution in [2.24, 2.45) is 10.7 Å². The molecule has 0 heterocycles. The van der Waals surface area contributed by atoms with E-state index in [0.717, 1.165) is 12.1 Å². The Kier molecular flexibility index (Phi) is 9.30. The fourth-order valence-corrected chi connectivity index (χ4v) is 2.32. The van der Waals surface area contributed by atoms with E-state index in [0.29, 0.717) is 29.6 Å². The third-order valence-corrected chi connectivity index (χ3v) is 3.76. The Morgan fingerprint density at radius 1 is 1.16 bits per heavy atom. The molecule has 0 aliphatic rings. The highest BCUT2D eigenvalue weighted by molar-refractivity contribution is 14.0. The van der Waals surface area contributed by atoms with Crippen molar-refractivity contribution < 1.29 is 4.79 Å². The summed E-state index contributed by atoms with van der Waals surface area (Å²) in [5, 5.41) is 6.20. The number of rotatable bonds is 6. The monoisotopic (exact) mass is 472 g/mol. The van der Waals surface area contributed by atoms with Gasteiger partial charge in [-0.25, -0.2) is 0 Å². The van der Waals surface area contributed by atoms with Gasteiger partial charge in [-0.2, -0.15) is 0 Å². The van der Waals surface area contributed by atoms with Gasteiger partial charge in [0, 0.05) is 12.2 Å². The van der Waals surface area contributed by atoms with E-state index in [-0.39, 0.29) is 29.9 Å². The SMILES string of the molecule is CCc1ccc(NC(N)=NCCNC(=O)c2ccccc2Cl)cc1.I. The maximum atomic E-state index is 12.0. The van der Waals surface area contributed by atoms with Gasteiger partial charge in [0.1, 0.15) is 0 Å². The van der Waals surface area contributed by atoms with Gasteiger partial charge >= 0.3 is 0 Å². The third-order valence-electron chi connectivity index (χ3n) is 3.43. The highest BCUT2D eigenvalue weighted by Crippen LogP contribution is 2.14. The van der Waals surface area contributed by atoms with Crippen molar-refractivity contribution in [2.45, 2.75) is 13.3 Å². The van der Waals surface area contributed by atoms with Crippen LogP contribution < -0.4 is 16.4 Å². The molecule has 0 bridgehead atoms. The number of guanidine groups is 1. The molecule has 5 nitrogen and oxygen atoms in total. The van der Waals surface area contributed by atoms with Gasteiger partial charge < -0.3 is 16.4 Å². The Morgan fingerprint density at radius 3 is 2.48 bits per heavy atom. The number of hydrogen-bond acceptors (Lipinski definition) is 2. The quantitative estimate of drug-likeness (QED) is 0.260. The molecule has 2 rings (SSSR count). The topological polar surface area (TPSA) is 79.5 Å². The molecule has 0 aliphatic heterocycles. The molecule has 0 saturated carbocycles. The Balaban J connectivity index is 0.00000312. The standard InChI is InChI=1S/C18H21ClN4O.HI/c1-2-13-7-9-14(10-8-13)23-18(20)22-12-11-21-17(24)15-5-3-4-6-16(15)19;/h3-10H,2,11-12H2,1H3,(H,21,24)(H3,20,22,23);1H. The summed E-state index contributed by atoms with van der Waals surface area (Å²) in [6, 6.07) is 14.9. The number of nitrogens with one attached hydrogen (secondary N) is 2. The Morgan fingerprint density at radius 2 is 1.84 bits per heavy atom. The third kappa shape index (κ3) is 6.91. The lowest BCUT2D eigenvalue weighted by molar-refractivity contribution is 0.0955. The van der Waals surface area contributed by atoms with Gasteiger partial charge in [-0.3, -0.25) is 9.79 Å². The normalized spacial score (nSPS) is 10.7. The number of nitrogens with zero attached hydrogens (tertiary/aromatic N) is 1. The largest absolute Gasteiger partial charge is 0.370 e. The molecular formula is C18H22ClIN4O. The second-order valence-electron chi connectivity index (χ2n) is 5.18. The molecular weight excluding hydrogens is 451 g/mol. The molecule has 0 unspecified atom stereocenters. The van der Waals surface area contributed by atoms with Crippen LogP contribution in [-0.4, -0.2) is 25.0 Å². The first-order valence-electron chi connectivity index (χ1n) is 7.78. The van der Waals surface area contributed by atoms with Crippen molar-refractivity contribution in [1.29, 1.82) is 0 Å². The van der Waals surface area contributed by atoms with Crippen molar-refractivity contribution in [2.75, 3.05) is 18.4 Å². The van der Waals surface area contributed by atoms with Crippen LogP contribution in [0.15, 0.2) is 53.5 Å². The molecule has 0 aliphatic carbocycles. The van der Waals surface area contributed by atoms with Crippen molar-refractivity contribution in [3.8, 4) is 0 Å². The van der Waals surface area contributed by atoms with Crippen LogP contribution in [0.25, 0.3) is 0 Å². The molecule has 0 atom stereocenters. The fourth-order valence-electron chi connectivity index (χ4n) is 2.10. The van der Waals surface area contributed by atoms with Gasteiger partial charge in [0.15, 0.2) is 5.96 Å². The van der Waals surface area contributed by atoms with Gasteiger partial charge in [-0.15, -0.1) is 24.0 Å². The Hall–Kier alpha value is -1.80.